The molecule has 1 rings (SSSR count). The third-order valence-electron chi connectivity index (χ3n) is 3.26. The molecule has 0 spiro atoms. The van der Waals surface area contributed by atoms with Gasteiger partial charge in [0.1, 0.15) is 12.0 Å². The van der Waals surface area contributed by atoms with E-state index in [9.17, 15) is 14.4 Å². The standard InChI is InChI=1S/C12H21N3O5/c1-3-4-15(12(19)14-7(2)10(13)16)9-6-20-5-8(9)11(17)18/h7-9H,3-6H2,1-2H3,(H2,13,16)(H,14,19)(H,17,18). The molecule has 8 nitrogen and oxygen atoms in total. The van der Waals surface area contributed by atoms with Crippen molar-refractivity contribution >= 4 is 17.9 Å². The number of ether oxygens (including phenoxy) is 1. The summed E-state index contributed by atoms with van der Waals surface area (Å²) in [6, 6.07) is -1.85. The van der Waals surface area contributed by atoms with Crippen LogP contribution in [0.25, 0.3) is 0 Å². The van der Waals surface area contributed by atoms with Crippen LogP contribution in [0.4, 0.5) is 4.79 Å². The van der Waals surface area contributed by atoms with E-state index in [1.54, 1.807) is 0 Å². The maximum atomic E-state index is 12.2. The number of nitrogens with one attached hydrogen (secondary N) is 1. The molecule has 0 aromatic rings. The zero-order valence-corrected chi connectivity index (χ0v) is 11.7. The number of amides is 3. The Kier molecular flexibility index (Phi) is 5.75. The molecule has 0 bridgehead atoms. The lowest BCUT2D eigenvalue weighted by molar-refractivity contribution is -0.142. The van der Waals surface area contributed by atoms with Crippen LogP contribution in [0.1, 0.15) is 20.3 Å². The monoisotopic (exact) mass is 287 g/mol. The van der Waals surface area contributed by atoms with Gasteiger partial charge in [-0.3, -0.25) is 9.59 Å². The average Bonchev–Trinajstić information content (AvgIpc) is 2.84. The van der Waals surface area contributed by atoms with E-state index in [0.29, 0.717) is 13.0 Å². The van der Waals surface area contributed by atoms with Crippen molar-refractivity contribution in [2.45, 2.75) is 32.4 Å². The summed E-state index contributed by atoms with van der Waals surface area (Å²) < 4.78 is 5.17. The average molecular weight is 287 g/mol. The Hall–Kier alpha value is -1.83. The van der Waals surface area contributed by atoms with E-state index in [4.69, 9.17) is 15.6 Å². The van der Waals surface area contributed by atoms with Gasteiger partial charge in [-0.05, 0) is 13.3 Å². The molecule has 0 radical (unpaired) electrons. The van der Waals surface area contributed by atoms with Gasteiger partial charge in [0, 0.05) is 6.54 Å². The highest BCUT2D eigenvalue weighted by Gasteiger charge is 2.40. The topological polar surface area (TPSA) is 122 Å². The normalized spacial score (nSPS) is 23.1. The quantitative estimate of drug-likeness (QED) is 0.601. The number of carboxylic acids is 1. The van der Waals surface area contributed by atoms with Crippen molar-refractivity contribution in [3.8, 4) is 0 Å². The van der Waals surface area contributed by atoms with E-state index in [1.807, 2.05) is 6.92 Å². The van der Waals surface area contributed by atoms with Crippen LogP contribution in [0.2, 0.25) is 0 Å². The molecule has 3 atom stereocenters. The number of aliphatic carboxylic acids is 1. The molecule has 0 aromatic heterocycles. The predicted octanol–water partition coefficient (Wildman–Crippen LogP) is -0.619. The molecule has 1 aliphatic heterocycles. The molecule has 4 N–H and O–H groups in total. The molecule has 1 aliphatic rings. The van der Waals surface area contributed by atoms with Crippen molar-refractivity contribution in [1.29, 1.82) is 0 Å². The molecule has 0 saturated carbocycles. The molecule has 0 aliphatic carbocycles. The minimum Gasteiger partial charge on any atom is -0.481 e. The summed E-state index contributed by atoms with van der Waals surface area (Å²) in [4.78, 5) is 35.7. The van der Waals surface area contributed by atoms with Crippen LogP contribution in [-0.2, 0) is 14.3 Å². The number of nitrogens with two attached hydrogens (primary N) is 1. The number of nitrogens with zero attached hydrogens (tertiary/aromatic N) is 1. The summed E-state index contributed by atoms with van der Waals surface area (Å²) in [6.45, 7) is 4.00. The first-order chi connectivity index (χ1) is 9.38. The van der Waals surface area contributed by atoms with E-state index in [2.05, 4.69) is 5.32 Å². The summed E-state index contributed by atoms with van der Waals surface area (Å²) in [5.74, 6) is -2.40. The van der Waals surface area contributed by atoms with Gasteiger partial charge in [-0.1, -0.05) is 6.92 Å². The Balaban J connectivity index is 2.79. The number of carbonyl (C=O) groups is 3. The second-order valence-corrected chi connectivity index (χ2v) is 4.82. The summed E-state index contributed by atoms with van der Waals surface area (Å²) in [6.07, 6.45) is 0.668. The number of primary amides is 1. The molecule has 1 heterocycles. The third kappa shape index (κ3) is 3.83. The Morgan fingerprint density at radius 3 is 2.60 bits per heavy atom. The fourth-order valence-corrected chi connectivity index (χ4v) is 2.08. The van der Waals surface area contributed by atoms with Crippen LogP contribution >= 0.6 is 0 Å². The minimum atomic E-state index is -0.996. The molecular weight excluding hydrogens is 266 g/mol. The lowest BCUT2D eigenvalue weighted by Gasteiger charge is -2.31. The first-order valence-electron chi connectivity index (χ1n) is 6.55. The first-order valence-corrected chi connectivity index (χ1v) is 6.55. The van der Waals surface area contributed by atoms with Crippen molar-refractivity contribution in [3.63, 3.8) is 0 Å². The highest BCUT2D eigenvalue weighted by Crippen LogP contribution is 2.20. The van der Waals surface area contributed by atoms with E-state index >= 15 is 0 Å². The first kappa shape index (κ1) is 16.2. The maximum absolute atomic E-state index is 12.2. The minimum absolute atomic E-state index is 0.0822. The van der Waals surface area contributed by atoms with Crippen molar-refractivity contribution in [3.05, 3.63) is 0 Å². The fraction of sp³-hybridized carbons (Fsp3) is 0.750. The Morgan fingerprint density at radius 2 is 2.10 bits per heavy atom. The summed E-state index contributed by atoms with van der Waals surface area (Å²) in [5, 5.41) is 11.6. The van der Waals surface area contributed by atoms with Gasteiger partial charge < -0.3 is 25.8 Å². The number of hydrogen-bond donors (Lipinski definition) is 3. The largest absolute Gasteiger partial charge is 0.481 e. The predicted molar refractivity (Wildman–Crippen MR) is 69.9 cm³/mol. The van der Waals surface area contributed by atoms with E-state index < -0.39 is 35.9 Å². The zero-order valence-electron chi connectivity index (χ0n) is 11.7. The highest BCUT2D eigenvalue weighted by atomic mass is 16.5. The second kappa shape index (κ2) is 7.09. The molecule has 1 saturated heterocycles. The lowest BCUT2D eigenvalue weighted by Crippen LogP contribution is -2.54. The van der Waals surface area contributed by atoms with Gasteiger partial charge in [-0.25, -0.2) is 4.79 Å². The highest BCUT2D eigenvalue weighted by molar-refractivity contribution is 5.86. The molecule has 1 fully saturated rings. The van der Waals surface area contributed by atoms with Crippen molar-refractivity contribution in [2.75, 3.05) is 19.8 Å². The van der Waals surface area contributed by atoms with Gasteiger partial charge in [0.2, 0.25) is 5.91 Å². The molecular formula is C12H21N3O5. The summed E-state index contributed by atoms with van der Waals surface area (Å²) >= 11 is 0. The number of hydrogen-bond acceptors (Lipinski definition) is 4. The van der Waals surface area contributed by atoms with Gasteiger partial charge >= 0.3 is 12.0 Å². The Bertz CT molecular complexity index is 387. The number of carboxylic acid groups (broad SMARTS) is 1. The van der Waals surface area contributed by atoms with Gasteiger partial charge in [-0.2, -0.15) is 0 Å². The summed E-state index contributed by atoms with van der Waals surface area (Å²) in [5.41, 5.74) is 5.10. The molecule has 3 amide bonds. The van der Waals surface area contributed by atoms with Gasteiger partial charge in [-0.15, -0.1) is 0 Å². The second-order valence-electron chi connectivity index (χ2n) is 4.82. The number of rotatable bonds is 6. The lowest BCUT2D eigenvalue weighted by atomic mass is 10.0. The van der Waals surface area contributed by atoms with Crippen LogP contribution in [0, 0.1) is 5.92 Å². The van der Waals surface area contributed by atoms with E-state index in [1.165, 1.54) is 11.8 Å². The van der Waals surface area contributed by atoms with Gasteiger partial charge in [0.05, 0.1) is 19.3 Å². The van der Waals surface area contributed by atoms with Gasteiger partial charge in [0.15, 0.2) is 0 Å². The van der Waals surface area contributed by atoms with Crippen LogP contribution in [0.5, 0.6) is 0 Å². The molecule has 20 heavy (non-hydrogen) atoms. The number of carbonyl (C=O) groups excluding carboxylic acids is 2. The van der Waals surface area contributed by atoms with Crippen LogP contribution < -0.4 is 11.1 Å². The Morgan fingerprint density at radius 1 is 1.45 bits per heavy atom. The third-order valence-corrected chi connectivity index (χ3v) is 3.26. The summed E-state index contributed by atoms with van der Waals surface area (Å²) in [7, 11) is 0. The van der Waals surface area contributed by atoms with Crippen LogP contribution in [0.3, 0.4) is 0 Å². The fourth-order valence-electron chi connectivity index (χ4n) is 2.08. The van der Waals surface area contributed by atoms with Crippen molar-refractivity contribution < 1.29 is 24.2 Å². The molecule has 8 heteroatoms. The number of urea groups is 1. The smallest absolute Gasteiger partial charge is 0.318 e. The van der Waals surface area contributed by atoms with Crippen molar-refractivity contribution in [1.82, 2.24) is 10.2 Å². The maximum Gasteiger partial charge on any atom is 0.318 e. The SMILES string of the molecule is CCCN(C(=O)NC(C)C(N)=O)C1COCC1C(=O)O. The van der Waals surface area contributed by atoms with Gasteiger partial charge in [0.25, 0.3) is 0 Å². The van der Waals surface area contributed by atoms with Crippen LogP contribution in [0.15, 0.2) is 0 Å². The Labute approximate surface area is 117 Å². The zero-order chi connectivity index (χ0) is 15.3. The van der Waals surface area contributed by atoms with E-state index in [-0.39, 0.29) is 13.2 Å². The van der Waals surface area contributed by atoms with Crippen molar-refractivity contribution in [2.24, 2.45) is 11.7 Å². The van der Waals surface area contributed by atoms with E-state index in [0.717, 1.165) is 0 Å². The molecule has 3 unspecified atom stereocenters. The van der Waals surface area contributed by atoms with Crippen LogP contribution in [-0.4, -0.2) is 59.8 Å². The molecule has 0 aromatic carbocycles. The molecule has 114 valence electrons.